The predicted octanol–water partition coefficient (Wildman–Crippen LogP) is 3.42. The number of urea groups is 1. The lowest BCUT2D eigenvalue weighted by atomic mass is 9.96. The lowest BCUT2D eigenvalue weighted by Crippen LogP contribution is -2.46. The van der Waals surface area contributed by atoms with Crippen molar-refractivity contribution in [3.05, 3.63) is 54.0 Å². The van der Waals surface area contributed by atoms with E-state index < -0.39 is 12.4 Å². The Bertz CT molecular complexity index is 847. The van der Waals surface area contributed by atoms with Gasteiger partial charge in [-0.3, -0.25) is 4.79 Å². The molecule has 3 rings (SSSR count). The van der Waals surface area contributed by atoms with Crippen LogP contribution in [0.15, 0.2) is 47.1 Å². The van der Waals surface area contributed by atoms with E-state index in [2.05, 4.69) is 15.4 Å². The molecular formula is C20H22F3N3O4. The van der Waals surface area contributed by atoms with Crippen LogP contribution in [0.3, 0.4) is 0 Å². The van der Waals surface area contributed by atoms with Gasteiger partial charge in [-0.2, -0.15) is 0 Å². The highest BCUT2D eigenvalue weighted by molar-refractivity contribution is 5.79. The number of nitrogens with zero attached hydrogens (tertiary/aromatic N) is 1. The number of halogens is 3. The van der Waals surface area contributed by atoms with E-state index in [0.717, 1.165) is 0 Å². The summed E-state index contributed by atoms with van der Waals surface area (Å²) < 4.78 is 46.6. The number of carbonyl (C=O) groups is 2. The number of benzene rings is 1. The molecule has 0 radical (unpaired) electrons. The molecule has 1 aromatic carbocycles. The monoisotopic (exact) mass is 425 g/mol. The van der Waals surface area contributed by atoms with Gasteiger partial charge in [-0.05, 0) is 31.0 Å². The Hall–Kier alpha value is -3.17. The summed E-state index contributed by atoms with van der Waals surface area (Å²) in [6, 6.07) is 8.76. The van der Waals surface area contributed by atoms with E-state index in [-0.39, 0.29) is 29.7 Å². The molecule has 30 heavy (non-hydrogen) atoms. The molecule has 2 heterocycles. The molecule has 1 fully saturated rings. The second-order valence-electron chi connectivity index (χ2n) is 6.87. The zero-order chi connectivity index (χ0) is 21.6. The smallest absolute Gasteiger partial charge is 0.467 e. The number of amides is 3. The maximum Gasteiger partial charge on any atom is 0.573 e. The van der Waals surface area contributed by atoms with Crippen molar-refractivity contribution in [2.45, 2.75) is 32.3 Å². The van der Waals surface area contributed by atoms with Crippen molar-refractivity contribution >= 4 is 11.9 Å². The number of hydrogen-bond donors (Lipinski definition) is 2. The molecule has 0 aliphatic carbocycles. The summed E-state index contributed by atoms with van der Waals surface area (Å²) >= 11 is 0. The molecule has 10 heteroatoms. The number of alkyl halides is 3. The number of likely N-dealkylation sites (tertiary alicyclic amines) is 1. The SMILES string of the molecule is O=C(NCc1ccco1)C1CCN(C(=O)NCc2ccccc2OC(F)(F)F)CC1. The third kappa shape index (κ3) is 6.16. The third-order valence-electron chi connectivity index (χ3n) is 4.80. The van der Waals surface area contributed by atoms with E-state index in [0.29, 0.717) is 38.2 Å². The van der Waals surface area contributed by atoms with Crippen molar-refractivity contribution < 1.29 is 31.9 Å². The van der Waals surface area contributed by atoms with Crippen LogP contribution < -0.4 is 15.4 Å². The van der Waals surface area contributed by atoms with Gasteiger partial charge in [0.15, 0.2) is 0 Å². The van der Waals surface area contributed by atoms with E-state index in [1.165, 1.54) is 24.5 Å². The molecule has 0 spiro atoms. The Morgan fingerprint density at radius 3 is 2.47 bits per heavy atom. The third-order valence-corrected chi connectivity index (χ3v) is 4.80. The van der Waals surface area contributed by atoms with Gasteiger partial charge in [0, 0.05) is 31.1 Å². The number of hydrogen-bond acceptors (Lipinski definition) is 4. The van der Waals surface area contributed by atoms with Gasteiger partial charge in [0.05, 0.1) is 12.8 Å². The van der Waals surface area contributed by atoms with Crippen molar-refractivity contribution in [1.29, 1.82) is 0 Å². The second kappa shape index (κ2) is 9.55. The fraction of sp³-hybridized carbons (Fsp3) is 0.400. The summed E-state index contributed by atoms with van der Waals surface area (Å²) in [5.41, 5.74) is 0.218. The number of ether oxygens (including phenoxy) is 1. The molecule has 1 aromatic heterocycles. The van der Waals surface area contributed by atoms with Gasteiger partial charge in [0.25, 0.3) is 0 Å². The predicted molar refractivity (Wildman–Crippen MR) is 100 cm³/mol. The van der Waals surface area contributed by atoms with Crippen LogP contribution in [0.25, 0.3) is 0 Å². The fourth-order valence-corrected chi connectivity index (χ4v) is 3.23. The summed E-state index contributed by atoms with van der Waals surface area (Å²) in [5, 5.41) is 5.42. The van der Waals surface area contributed by atoms with Crippen LogP contribution in [0.5, 0.6) is 5.75 Å². The zero-order valence-corrected chi connectivity index (χ0v) is 16.1. The molecule has 0 unspecified atom stereocenters. The average molecular weight is 425 g/mol. The molecule has 1 saturated heterocycles. The van der Waals surface area contributed by atoms with E-state index in [1.54, 1.807) is 23.1 Å². The molecule has 162 valence electrons. The molecule has 2 aromatic rings. The lowest BCUT2D eigenvalue weighted by molar-refractivity contribution is -0.274. The molecule has 3 amide bonds. The molecule has 0 saturated carbocycles. The quantitative estimate of drug-likeness (QED) is 0.743. The summed E-state index contributed by atoms with van der Waals surface area (Å²) in [6.45, 7) is 0.970. The largest absolute Gasteiger partial charge is 0.573 e. The molecular weight excluding hydrogens is 403 g/mol. The Kier molecular flexibility index (Phi) is 6.86. The standard InChI is InChI=1S/C20H22F3N3O4/c21-20(22,23)30-17-6-2-1-4-15(17)12-25-19(28)26-9-7-14(8-10-26)18(27)24-13-16-5-3-11-29-16/h1-6,11,14H,7-10,12-13H2,(H,24,27)(H,25,28). The van der Waals surface area contributed by atoms with E-state index in [4.69, 9.17) is 4.42 Å². The summed E-state index contributed by atoms with van der Waals surface area (Å²) in [6.07, 6.45) is -2.26. The minimum absolute atomic E-state index is 0.0929. The van der Waals surface area contributed by atoms with Gasteiger partial charge in [-0.1, -0.05) is 18.2 Å². The lowest BCUT2D eigenvalue weighted by Gasteiger charge is -2.31. The fourth-order valence-electron chi connectivity index (χ4n) is 3.23. The van der Waals surface area contributed by atoms with E-state index in [1.807, 2.05) is 0 Å². The molecule has 0 bridgehead atoms. The van der Waals surface area contributed by atoms with Crippen molar-refractivity contribution in [3.8, 4) is 5.75 Å². The normalized spacial score (nSPS) is 15.0. The highest BCUT2D eigenvalue weighted by atomic mass is 19.4. The molecule has 2 N–H and O–H groups in total. The van der Waals surface area contributed by atoms with E-state index in [9.17, 15) is 22.8 Å². The Morgan fingerprint density at radius 2 is 1.80 bits per heavy atom. The van der Waals surface area contributed by atoms with Crippen molar-refractivity contribution in [3.63, 3.8) is 0 Å². The highest BCUT2D eigenvalue weighted by Gasteiger charge is 2.32. The highest BCUT2D eigenvalue weighted by Crippen LogP contribution is 2.26. The minimum atomic E-state index is -4.81. The minimum Gasteiger partial charge on any atom is -0.467 e. The van der Waals surface area contributed by atoms with Crippen LogP contribution >= 0.6 is 0 Å². The van der Waals surface area contributed by atoms with Gasteiger partial charge >= 0.3 is 12.4 Å². The van der Waals surface area contributed by atoms with Crippen LogP contribution in [0.4, 0.5) is 18.0 Å². The van der Waals surface area contributed by atoms with Gasteiger partial charge in [-0.25, -0.2) is 4.79 Å². The topological polar surface area (TPSA) is 83.8 Å². The van der Waals surface area contributed by atoms with Crippen molar-refractivity contribution in [2.24, 2.45) is 5.92 Å². The first kappa shape index (κ1) is 21.5. The first-order chi connectivity index (χ1) is 14.3. The summed E-state index contributed by atoms with van der Waals surface area (Å²) in [5.74, 6) is 0.0155. The molecule has 1 aliphatic heterocycles. The number of carbonyl (C=O) groups excluding carboxylic acids is 2. The van der Waals surface area contributed by atoms with Crippen LogP contribution in [0, 0.1) is 5.92 Å². The summed E-state index contributed by atoms with van der Waals surface area (Å²) in [7, 11) is 0. The number of rotatable bonds is 6. The number of furan rings is 1. The average Bonchev–Trinajstić information content (AvgIpc) is 3.24. The van der Waals surface area contributed by atoms with Crippen LogP contribution in [0.1, 0.15) is 24.2 Å². The van der Waals surface area contributed by atoms with Gasteiger partial charge in [-0.15, -0.1) is 13.2 Å². The van der Waals surface area contributed by atoms with Crippen LogP contribution in [-0.4, -0.2) is 36.3 Å². The number of para-hydroxylation sites is 1. The number of piperidine rings is 1. The van der Waals surface area contributed by atoms with Gasteiger partial charge in [0.2, 0.25) is 5.91 Å². The Labute approximate surface area is 171 Å². The maximum absolute atomic E-state index is 12.5. The Balaban J connectivity index is 1.44. The van der Waals surface area contributed by atoms with Crippen LogP contribution in [0.2, 0.25) is 0 Å². The van der Waals surface area contributed by atoms with E-state index >= 15 is 0 Å². The molecule has 1 aliphatic rings. The van der Waals surface area contributed by atoms with Gasteiger partial charge in [0.1, 0.15) is 11.5 Å². The Morgan fingerprint density at radius 1 is 1.07 bits per heavy atom. The first-order valence-corrected chi connectivity index (χ1v) is 9.48. The molecule has 7 nitrogen and oxygen atoms in total. The van der Waals surface area contributed by atoms with Crippen molar-refractivity contribution in [2.75, 3.05) is 13.1 Å². The number of nitrogens with one attached hydrogen (secondary N) is 2. The summed E-state index contributed by atoms with van der Waals surface area (Å²) in [4.78, 5) is 26.2. The second-order valence-corrected chi connectivity index (χ2v) is 6.87. The molecule has 0 atom stereocenters. The van der Waals surface area contributed by atoms with Crippen molar-refractivity contribution in [1.82, 2.24) is 15.5 Å². The maximum atomic E-state index is 12.5. The first-order valence-electron chi connectivity index (χ1n) is 9.48. The van der Waals surface area contributed by atoms with Crippen LogP contribution in [-0.2, 0) is 17.9 Å². The van der Waals surface area contributed by atoms with Gasteiger partial charge < -0.3 is 24.7 Å². The zero-order valence-electron chi connectivity index (χ0n) is 16.1.